The average Bonchev–Trinajstić information content (AvgIpc) is 4.06. The van der Waals surface area contributed by atoms with E-state index in [4.69, 9.17) is 9.73 Å². The zero-order valence-corrected chi connectivity index (χ0v) is 40.8. The first-order valence-corrected chi connectivity index (χ1v) is 24.5. The highest BCUT2D eigenvalue weighted by Crippen LogP contribution is 2.40. The minimum absolute atomic E-state index is 0.0247. The molecule has 0 spiro atoms. The summed E-state index contributed by atoms with van der Waals surface area (Å²) in [5, 5.41) is 36.1. The fraction of sp³-hybridized carbons (Fsp3) is 0.469. The first-order valence-electron chi connectivity index (χ1n) is 22.8. The molecule has 3 unspecified atom stereocenters. The highest BCUT2D eigenvalue weighted by Gasteiger charge is 2.45. The number of nitrogens with one attached hydrogen (secondary N) is 2. The van der Waals surface area contributed by atoms with Crippen molar-refractivity contribution in [1.29, 1.82) is 0 Å². The minimum atomic E-state index is -0.983. The van der Waals surface area contributed by atoms with Crippen molar-refractivity contribution in [2.45, 2.75) is 117 Å². The van der Waals surface area contributed by atoms with Gasteiger partial charge in [0.1, 0.15) is 35.6 Å². The molecule has 67 heavy (non-hydrogen) atoms. The van der Waals surface area contributed by atoms with E-state index in [2.05, 4.69) is 44.6 Å². The zero-order chi connectivity index (χ0) is 47.9. The molecular formula is C49H59N9O7S2. The molecule has 0 radical (unpaired) electrons. The number of rotatable bonds is 13. The SMILES string of the molecule is Cc1ncsc1-c1ccc(C(C)NC(=O)[C@@H]2C[C@@H](O)CN2C(=O)C(NC(=O)COC2CCCN(c3ccc(C4=N[C@@H](CC(=O)O)c5nnc(C)n5-c5sc(C)c(C)c54)cc3)C2)C(C)(C)C)cc1. The van der Waals surface area contributed by atoms with Crippen LogP contribution in [0.3, 0.4) is 0 Å². The number of carbonyl (C=O) groups excluding carboxylic acids is 3. The van der Waals surface area contributed by atoms with Crippen LogP contribution in [0.4, 0.5) is 5.69 Å². The van der Waals surface area contributed by atoms with Crippen LogP contribution in [0.25, 0.3) is 15.4 Å². The maximum atomic E-state index is 14.3. The van der Waals surface area contributed by atoms with E-state index >= 15 is 0 Å². The topological polar surface area (TPSA) is 204 Å². The number of aliphatic carboxylic acids is 1. The molecule has 0 aliphatic carbocycles. The van der Waals surface area contributed by atoms with Crippen LogP contribution in [0.15, 0.2) is 59.0 Å². The largest absolute Gasteiger partial charge is 0.481 e. The quantitative estimate of drug-likeness (QED) is 0.102. The number of aliphatic hydroxyl groups is 1. The van der Waals surface area contributed by atoms with E-state index in [9.17, 15) is 29.4 Å². The van der Waals surface area contributed by atoms with Crippen LogP contribution in [0.5, 0.6) is 0 Å². The Labute approximate surface area is 398 Å². The molecule has 6 atom stereocenters. The summed E-state index contributed by atoms with van der Waals surface area (Å²) in [6, 6.07) is 13.1. The van der Waals surface area contributed by atoms with Crippen LogP contribution in [-0.2, 0) is 23.9 Å². The lowest BCUT2D eigenvalue weighted by Gasteiger charge is -2.36. The number of benzene rings is 2. The van der Waals surface area contributed by atoms with Gasteiger partial charge in [-0.15, -0.1) is 32.9 Å². The summed E-state index contributed by atoms with van der Waals surface area (Å²) in [5.74, 6) is -1.05. The van der Waals surface area contributed by atoms with Crippen molar-refractivity contribution < 1.29 is 34.1 Å². The number of aryl methyl sites for hydroxylation is 3. The highest BCUT2D eigenvalue weighted by molar-refractivity contribution is 7.15. The molecule has 3 aliphatic heterocycles. The van der Waals surface area contributed by atoms with Gasteiger partial charge in [0.25, 0.3) is 0 Å². The molecular weight excluding hydrogens is 891 g/mol. The number of carboxylic acids is 1. The van der Waals surface area contributed by atoms with Crippen molar-refractivity contribution in [3.05, 3.63) is 98.5 Å². The molecule has 16 nitrogen and oxygen atoms in total. The van der Waals surface area contributed by atoms with Crippen LogP contribution < -0.4 is 15.5 Å². The number of aliphatic hydroxyl groups excluding tert-OH is 1. The van der Waals surface area contributed by atoms with E-state index in [0.717, 1.165) is 73.3 Å². The van der Waals surface area contributed by atoms with E-state index in [1.54, 1.807) is 22.7 Å². The zero-order valence-electron chi connectivity index (χ0n) is 39.2. The number of piperidine rings is 1. The molecule has 4 N–H and O–H groups in total. The Morgan fingerprint density at radius 3 is 2.34 bits per heavy atom. The van der Waals surface area contributed by atoms with E-state index in [-0.39, 0.29) is 44.0 Å². The molecule has 354 valence electrons. The predicted molar refractivity (Wildman–Crippen MR) is 258 cm³/mol. The summed E-state index contributed by atoms with van der Waals surface area (Å²) in [5.41, 5.74) is 8.57. The fourth-order valence-corrected chi connectivity index (χ4v) is 11.3. The number of nitrogens with zero attached hydrogens (tertiary/aromatic N) is 7. The van der Waals surface area contributed by atoms with Crippen LogP contribution >= 0.6 is 22.7 Å². The fourth-order valence-electron chi connectivity index (χ4n) is 9.24. The second kappa shape index (κ2) is 19.4. The van der Waals surface area contributed by atoms with Gasteiger partial charge in [-0.25, -0.2) is 4.98 Å². The van der Waals surface area contributed by atoms with Gasteiger partial charge in [-0.1, -0.05) is 57.2 Å². The third-order valence-electron chi connectivity index (χ3n) is 13.0. The number of carboxylic acid groups (broad SMARTS) is 1. The Morgan fingerprint density at radius 2 is 1.67 bits per heavy atom. The van der Waals surface area contributed by atoms with Gasteiger partial charge in [0.2, 0.25) is 17.7 Å². The number of aromatic nitrogens is 4. The van der Waals surface area contributed by atoms with Crippen molar-refractivity contribution >= 4 is 57.8 Å². The van der Waals surface area contributed by atoms with Crippen LogP contribution in [-0.4, -0.2) is 115 Å². The molecule has 3 amide bonds. The summed E-state index contributed by atoms with van der Waals surface area (Å²) in [4.78, 5) is 68.9. The maximum Gasteiger partial charge on any atom is 0.306 e. The summed E-state index contributed by atoms with van der Waals surface area (Å²) >= 11 is 3.19. The van der Waals surface area contributed by atoms with Gasteiger partial charge in [0.15, 0.2) is 5.82 Å². The molecule has 0 saturated carbocycles. The lowest BCUT2D eigenvalue weighted by atomic mass is 9.85. The molecule has 3 aromatic heterocycles. The number of amides is 3. The molecule has 0 bridgehead atoms. The average molecular weight is 950 g/mol. The van der Waals surface area contributed by atoms with E-state index in [0.29, 0.717) is 23.9 Å². The van der Waals surface area contributed by atoms with E-state index < -0.39 is 47.4 Å². The molecule has 6 heterocycles. The van der Waals surface area contributed by atoms with Crippen molar-refractivity contribution in [3.8, 4) is 15.4 Å². The van der Waals surface area contributed by atoms with E-state index in [1.165, 1.54) is 4.90 Å². The lowest BCUT2D eigenvalue weighted by molar-refractivity contribution is -0.145. The Hall–Kier alpha value is -5.82. The molecule has 2 saturated heterocycles. The monoisotopic (exact) mass is 949 g/mol. The number of likely N-dealkylation sites (tertiary alicyclic amines) is 1. The standard InChI is InChI=1S/C49H59N9O7S2/c1-26-29(4)67-48-41(26)42(52-37(21-40(61)62)45-55-54-30(5)58(45)48)32-15-17-34(18-16-32)56-19-9-10-36(23-56)65-24-39(60)53-44(49(6,7)8)47(64)57-22-35(59)20-38(57)46(63)51-27(2)31-11-13-33(14-12-31)43-28(3)50-25-66-43/h11-18,25,27,35-38,44,59H,9-10,19-24H2,1-8H3,(H,51,63)(H,53,60)(H,61,62)/t27?,35-,36?,37+,38+,44?/m1/s1. The van der Waals surface area contributed by atoms with Crippen LogP contribution in [0.2, 0.25) is 0 Å². The Balaban J connectivity index is 0.893. The molecule has 18 heteroatoms. The van der Waals surface area contributed by atoms with Crippen molar-refractivity contribution in [2.75, 3.05) is 31.1 Å². The number of ether oxygens (including phenoxy) is 1. The van der Waals surface area contributed by atoms with Crippen molar-refractivity contribution in [3.63, 3.8) is 0 Å². The van der Waals surface area contributed by atoms with Crippen molar-refractivity contribution in [2.24, 2.45) is 10.4 Å². The number of thiophene rings is 1. The number of hydrogen-bond donors (Lipinski definition) is 4. The lowest BCUT2D eigenvalue weighted by Crippen LogP contribution is -2.58. The number of thiazole rings is 1. The highest BCUT2D eigenvalue weighted by atomic mass is 32.1. The van der Waals surface area contributed by atoms with Gasteiger partial charge in [-0.2, -0.15) is 0 Å². The number of hydrogen-bond acceptors (Lipinski definition) is 13. The molecule has 8 rings (SSSR count). The minimum Gasteiger partial charge on any atom is -0.481 e. The number of fused-ring (bicyclic) bond motifs is 3. The molecule has 2 fully saturated rings. The first kappa shape index (κ1) is 47.7. The van der Waals surface area contributed by atoms with Gasteiger partial charge >= 0.3 is 5.97 Å². The second-order valence-electron chi connectivity index (χ2n) is 18.9. The van der Waals surface area contributed by atoms with Crippen molar-refractivity contribution in [1.82, 2.24) is 35.3 Å². The summed E-state index contributed by atoms with van der Waals surface area (Å²) in [6.45, 7) is 16.5. The molecule has 3 aliphatic rings. The van der Waals surface area contributed by atoms with Gasteiger partial charge in [-0.05, 0) is 81.7 Å². The van der Waals surface area contributed by atoms with E-state index in [1.807, 2.05) is 100 Å². The number of β-amino-alcohol motifs (C(OH)–C–C–N with tert-alkyl or cyclic N) is 1. The molecule has 2 aromatic carbocycles. The Morgan fingerprint density at radius 1 is 0.955 bits per heavy atom. The second-order valence-corrected chi connectivity index (χ2v) is 21.0. The van der Waals surface area contributed by atoms with Crippen LogP contribution in [0.1, 0.15) is 110 Å². The Kier molecular flexibility index (Phi) is 13.8. The first-order chi connectivity index (χ1) is 31.9. The van der Waals surface area contributed by atoms with Gasteiger partial charge in [0, 0.05) is 47.7 Å². The normalized spacial score (nSPS) is 20.3. The number of aliphatic imine (C=N–C) groups is 1. The molecule has 5 aromatic rings. The Bertz CT molecular complexity index is 2680. The third kappa shape index (κ3) is 10.1. The number of anilines is 1. The van der Waals surface area contributed by atoms with Gasteiger partial charge in [0.05, 0.1) is 46.5 Å². The van der Waals surface area contributed by atoms with Gasteiger partial charge in [-0.3, -0.25) is 28.7 Å². The third-order valence-corrected chi connectivity index (χ3v) is 15.2. The summed E-state index contributed by atoms with van der Waals surface area (Å²) in [6.07, 6.45) is 0.322. The number of carbonyl (C=O) groups is 4. The summed E-state index contributed by atoms with van der Waals surface area (Å²) < 4.78 is 8.15. The summed E-state index contributed by atoms with van der Waals surface area (Å²) in [7, 11) is 0. The predicted octanol–water partition coefficient (Wildman–Crippen LogP) is 6.41. The smallest absolute Gasteiger partial charge is 0.306 e. The van der Waals surface area contributed by atoms with Gasteiger partial charge < -0.3 is 35.4 Å². The maximum absolute atomic E-state index is 14.3. The van der Waals surface area contributed by atoms with Crippen LogP contribution in [0, 0.1) is 33.1 Å².